The van der Waals surface area contributed by atoms with Gasteiger partial charge in [-0.05, 0) is 5.53 Å². The van der Waals surface area contributed by atoms with Crippen molar-refractivity contribution in [2.45, 2.75) is 37.6 Å². The Morgan fingerprint density at radius 1 is 1.47 bits per heavy atom. The van der Waals surface area contributed by atoms with Crippen LogP contribution in [0.1, 0.15) is 6.92 Å². The highest BCUT2D eigenvalue weighted by atomic mass is 16.6. The summed E-state index contributed by atoms with van der Waals surface area (Å²) in [7, 11) is 0. The first kappa shape index (κ1) is 13.7. The average Bonchev–Trinajstić information content (AvgIpc) is 2.27. The van der Waals surface area contributed by atoms with Crippen LogP contribution in [0.2, 0.25) is 0 Å². The minimum Gasteiger partial charge on any atom is -0.388 e. The number of aliphatic hydroxyl groups excluding tert-OH is 3. The Morgan fingerprint density at radius 2 is 2.12 bits per heavy atom. The van der Waals surface area contributed by atoms with Crippen LogP contribution in [0, 0.1) is 0 Å². The number of hydrogen-bond acceptors (Lipinski definition) is 6. The molecule has 0 unspecified atom stereocenters. The van der Waals surface area contributed by atoms with E-state index in [0.717, 1.165) is 0 Å². The molecule has 9 heteroatoms. The summed E-state index contributed by atoms with van der Waals surface area (Å²) in [4.78, 5) is 13.3. The molecule has 1 aliphatic heterocycles. The van der Waals surface area contributed by atoms with Crippen molar-refractivity contribution in [1.29, 1.82) is 0 Å². The van der Waals surface area contributed by atoms with Gasteiger partial charge in [-0.15, -0.1) is 0 Å². The Labute approximate surface area is 96.6 Å². The maximum Gasteiger partial charge on any atom is 0.217 e. The smallest absolute Gasteiger partial charge is 0.217 e. The van der Waals surface area contributed by atoms with Gasteiger partial charge in [0.1, 0.15) is 18.2 Å². The van der Waals surface area contributed by atoms with E-state index in [1.54, 1.807) is 0 Å². The maximum absolute atomic E-state index is 10.8. The third-order valence-electron chi connectivity index (χ3n) is 2.41. The van der Waals surface area contributed by atoms with Gasteiger partial charge in [0, 0.05) is 11.8 Å². The normalized spacial score (nSPS) is 37.1. The average molecular weight is 246 g/mol. The van der Waals surface area contributed by atoms with Crippen molar-refractivity contribution in [2.24, 2.45) is 5.11 Å². The molecule has 9 nitrogen and oxygen atoms in total. The van der Waals surface area contributed by atoms with Gasteiger partial charge in [0.15, 0.2) is 6.29 Å². The highest BCUT2D eigenvalue weighted by Crippen LogP contribution is 2.20. The van der Waals surface area contributed by atoms with Crippen molar-refractivity contribution < 1.29 is 24.9 Å². The third kappa shape index (κ3) is 3.29. The van der Waals surface area contributed by atoms with Crippen LogP contribution in [0.3, 0.4) is 0 Å². The highest BCUT2D eigenvalue weighted by molar-refractivity contribution is 5.73. The number of amides is 1. The number of carbonyl (C=O) groups is 1. The van der Waals surface area contributed by atoms with Crippen LogP contribution in [-0.4, -0.2) is 58.4 Å². The Morgan fingerprint density at radius 3 is 2.65 bits per heavy atom. The van der Waals surface area contributed by atoms with Gasteiger partial charge in [0.2, 0.25) is 5.91 Å². The second kappa shape index (κ2) is 5.80. The summed E-state index contributed by atoms with van der Waals surface area (Å²) in [5, 5.41) is 34.3. The van der Waals surface area contributed by atoms with Gasteiger partial charge in [-0.2, -0.15) is 0 Å². The van der Waals surface area contributed by atoms with E-state index in [4.69, 9.17) is 10.3 Å². The zero-order valence-electron chi connectivity index (χ0n) is 9.09. The molecule has 1 fully saturated rings. The molecule has 0 aromatic rings. The van der Waals surface area contributed by atoms with Crippen LogP contribution in [0.15, 0.2) is 5.11 Å². The Balaban J connectivity index is 2.71. The van der Waals surface area contributed by atoms with Crippen LogP contribution < -0.4 is 5.32 Å². The third-order valence-corrected chi connectivity index (χ3v) is 2.41. The largest absolute Gasteiger partial charge is 0.388 e. The quantitative estimate of drug-likeness (QED) is 0.264. The molecular weight excluding hydrogens is 232 g/mol. The summed E-state index contributed by atoms with van der Waals surface area (Å²) in [5.74, 6) is -0.475. The number of nitrogens with one attached hydrogen (secondary N) is 1. The molecule has 1 aliphatic rings. The molecule has 17 heavy (non-hydrogen) atoms. The molecule has 4 N–H and O–H groups in total. The Hall–Kier alpha value is -1.38. The minimum absolute atomic E-state index is 0.224. The lowest BCUT2D eigenvalue weighted by Gasteiger charge is -2.40. The van der Waals surface area contributed by atoms with Gasteiger partial charge in [-0.25, -0.2) is 0 Å². The van der Waals surface area contributed by atoms with E-state index in [1.165, 1.54) is 6.92 Å². The molecule has 96 valence electrons. The number of carbonyl (C=O) groups excluding carboxylic acids is 1. The van der Waals surface area contributed by atoms with Crippen LogP contribution >= 0.6 is 0 Å². The molecule has 0 aromatic carbocycles. The van der Waals surface area contributed by atoms with Crippen molar-refractivity contribution in [3.05, 3.63) is 10.4 Å². The first-order chi connectivity index (χ1) is 7.97. The van der Waals surface area contributed by atoms with Gasteiger partial charge in [0.05, 0.1) is 12.6 Å². The molecule has 0 aromatic heterocycles. The Kier molecular flexibility index (Phi) is 4.67. The molecule has 1 heterocycles. The van der Waals surface area contributed by atoms with Crippen molar-refractivity contribution in [3.63, 3.8) is 0 Å². The summed E-state index contributed by atoms with van der Waals surface area (Å²) in [6.07, 6.45) is -5.25. The summed E-state index contributed by atoms with van der Waals surface area (Å²) >= 11 is 0. The Bertz CT molecular complexity index is 332. The molecule has 1 saturated heterocycles. The van der Waals surface area contributed by atoms with Crippen LogP contribution in [0.4, 0.5) is 0 Å². The first-order valence-corrected chi connectivity index (χ1v) is 4.95. The number of aliphatic hydroxyl groups is 3. The van der Waals surface area contributed by atoms with Crippen LogP contribution in [-0.2, 0) is 9.53 Å². The van der Waals surface area contributed by atoms with Crippen LogP contribution in [0.5, 0.6) is 0 Å². The molecule has 0 bridgehead atoms. The lowest BCUT2D eigenvalue weighted by atomic mass is 9.97. The van der Waals surface area contributed by atoms with Gasteiger partial charge >= 0.3 is 0 Å². The predicted octanol–water partition coefficient (Wildman–Crippen LogP) is -1.76. The number of ether oxygens (including phenoxy) is 1. The number of hydrogen-bond donors (Lipinski definition) is 4. The highest BCUT2D eigenvalue weighted by Gasteiger charge is 2.43. The molecule has 0 saturated carbocycles. The monoisotopic (exact) mass is 246 g/mol. The summed E-state index contributed by atoms with van der Waals surface area (Å²) < 4.78 is 4.95. The van der Waals surface area contributed by atoms with E-state index >= 15 is 0 Å². The minimum atomic E-state index is -1.48. The lowest BCUT2D eigenvalue weighted by Crippen LogP contribution is -2.63. The summed E-state index contributed by atoms with van der Waals surface area (Å²) in [6.45, 7) is 0.983. The van der Waals surface area contributed by atoms with E-state index in [1.807, 2.05) is 0 Å². The summed E-state index contributed by atoms with van der Waals surface area (Å²) in [5.41, 5.74) is 8.13. The topological polar surface area (TPSA) is 148 Å². The van der Waals surface area contributed by atoms with Crippen molar-refractivity contribution in [1.82, 2.24) is 5.32 Å². The van der Waals surface area contributed by atoms with Gasteiger partial charge < -0.3 is 25.4 Å². The fourth-order valence-corrected chi connectivity index (χ4v) is 1.60. The van der Waals surface area contributed by atoms with Gasteiger partial charge in [-0.1, -0.05) is 5.11 Å². The van der Waals surface area contributed by atoms with E-state index in [2.05, 4.69) is 15.3 Å². The molecule has 0 spiro atoms. The molecule has 0 radical (unpaired) electrons. The molecule has 5 atom stereocenters. The summed E-state index contributed by atoms with van der Waals surface area (Å²) in [6, 6.07) is -1.12. The van der Waals surface area contributed by atoms with Crippen molar-refractivity contribution in [2.75, 3.05) is 6.54 Å². The lowest BCUT2D eigenvalue weighted by molar-refractivity contribution is -0.244. The number of azide groups is 1. The fraction of sp³-hybridized carbons (Fsp3) is 0.875. The van der Waals surface area contributed by atoms with E-state index in [9.17, 15) is 20.1 Å². The second-order valence-corrected chi connectivity index (χ2v) is 3.69. The maximum atomic E-state index is 10.8. The van der Waals surface area contributed by atoms with Crippen molar-refractivity contribution >= 4 is 5.91 Å². The second-order valence-electron chi connectivity index (χ2n) is 3.69. The zero-order valence-corrected chi connectivity index (χ0v) is 9.09. The predicted molar refractivity (Wildman–Crippen MR) is 54.5 cm³/mol. The molecule has 1 rings (SSSR count). The van der Waals surface area contributed by atoms with Crippen molar-refractivity contribution in [3.8, 4) is 0 Å². The standard InChI is InChI=1S/C8H14N4O5/c1-3(13)11-5-7(15)6(14)4(2-10-12-9)17-8(5)16/h4-8,14-16H,2H2,1H3,(H,11,13)/t4-,5-,6+,7-,8+/m1/s1. The van der Waals surface area contributed by atoms with E-state index in [0.29, 0.717) is 0 Å². The van der Waals surface area contributed by atoms with Crippen LogP contribution in [0.25, 0.3) is 10.4 Å². The first-order valence-electron chi connectivity index (χ1n) is 4.95. The fourth-order valence-electron chi connectivity index (χ4n) is 1.60. The van der Waals surface area contributed by atoms with E-state index < -0.39 is 36.6 Å². The number of nitrogens with zero attached hydrogens (tertiary/aromatic N) is 3. The van der Waals surface area contributed by atoms with Gasteiger partial charge in [-0.3, -0.25) is 4.79 Å². The SMILES string of the molecule is CC(=O)N[C@@H]1[C@@H](O)[C@@H](O)[C@@H](CN=[N+]=[N-])O[C@@H]1O. The zero-order chi connectivity index (χ0) is 13.0. The van der Waals surface area contributed by atoms with Gasteiger partial charge in [0.25, 0.3) is 0 Å². The van der Waals surface area contributed by atoms with E-state index in [-0.39, 0.29) is 6.54 Å². The number of rotatable bonds is 3. The molecule has 1 amide bonds. The molecular formula is C8H14N4O5. The molecule has 0 aliphatic carbocycles.